The quantitative estimate of drug-likeness (QED) is 0.524. The minimum Gasteiger partial charge on any atom is -0.443 e. The fourth-order valence-electron chi connectivity index (χ4n) is 0.635. The molecule has 0 rings (SSSR count). The number of carbonyl (C=O) groups excluding carboxylic acids is 1. The molecule has 0 aliphatic carbocycles. The van der Waals surface area contributed by atoms with Crippen molar-refractivity contribution in [3.05, 3.63) is 0 Å². The molecule has 0 saturated carbocycles. The maximum Gasteiger partial charge on any atom is 0.427 e. The summed E-state index contributed by atoms with van der Waals surface area (Å²) in [5, 5.41) is 5.08. The smallest absolute Gasteiger partial charge is 0.427 e. The van der Waals surface area contributed by atoms with Crippen LogP contribution in [0.1, 0.15) is 27.7 Å². The van der Waals surface area contributed by atoms with Gasteiger partial charge in [0.2, 0.25) is 0 Å². The molecule has 0 atom stereocenters. The zero-order valence-electron chi connectivity index (χ0n) is 8.79. The third kappa shape index (κ3) is 7.11. The van der Waals surface area contributed by atoms with Crippen LogP contribution in [0, 0.1) is 0 Å². The molecule has 0 saturated heterocycles. The number of rotatable bonds is 2. The Labute approximate surface area is 78.7 Å². The fourth-order valence-corrected chi connectivity index (χ4v) is 0.635. The van der Waals surface area contributed by atoms with Gasteiger partial charge >= 0.3 is 6.09 Å². The van der Waals surface area contributed by atoms with E-state index in [1.54, 1.807) is 41.0 Å². The third-order valence-corrected chi connectivity index (χ3v) is 0.941. The second-order valence-electron chi connectivity index (χ2n) is 3.51. The molecule has 0 aromatic heterocycles. The molecule has 0 unspecified atom stereocenters. The molecule has 1 N–H and O–H groups in total. The topological polar surface area (TPSA) is 53.9 Å². The molecule has 5 nitrogen and oxygen atoms in total. The molecule has 13 heavy (non-hydrogen) atoms. The number of nitrogens with zero attached hydrogens (tertiary/aromatic N) is 2. The highest BCUT2D eigenvalue weighted by Crippen LogP contribution is 2.06. The monoisotopic (exact) mass is 187 g/mol. The van der Waals surface area contributed by atoms with Gasteiger partial charge in [0.05, 0.1) is 0 Å². The van der Waals surface area contributed by atoms with E-state index in [1.165, 1.54) is 5.12 Å². The highest BCUT2D eigenvalue weighted by atomic mass is 16.6. The number of carbonyl (C=O) groups is 1. The van der Waals surface area contributed by atoms with Gasteiger partial charge in [-0.25, -0.2) is 15.3 Å². The summed E-state index contributed by atoms with van der Waals surface area (Å²) >= 11 is 0. The molecule has 0 spiro atoms. The van der Waals surface area contributed by atoms with Gasteiger partial charge in [-0.15, -0.1) is 0 Å². The second kappa shape index (κ2) is 4.69. The van der Waals surface area contributed by atoms with E-state index in [0.29, 0.717) is 0 Å². The lowest BCUT2D eigenvalue weighted by Gasteiger charge is -2.21. The van der Waals surface area contributed by atoms with Gasteiger partial charge in [-0.05, 0) is 27.7 Å². The van der Waals surface area contributed by atoms with Crippen LogP contribution in [0.5, 0.6) is 0 Å². The first kappa shape index (κ1) is 11.7. The average molecular weight is 187 g/mol. The summed E-state index contributed by atoms with van der Waals surface area (Å²) in [5.74, 6) is 0. The lowest BCUT2D eigenvalue weighted by molar-refractivity contribution is 0.0374. The first-order chi connectivity index (χ1) is 5.85. The Hall–Kier alpha value is -1.26. The molecule has 0 heterocycles. The Morgan fingerprint density at radius 1 is 1.54 bits per heavy atom. The fraction of sp³-hybridized carbons (Fsp3) is 0.750. The minimum absolute atomic E-state index is 0.485. The van der Waals surface area contributed by atoms with E-state index in [2.05, 4.69) is 10.5 Å². The Kier molecular flexibility index (Phi) is 4.23. The Bertz CT molecular complexity index is 196. The van der Waals surface area contributed by atoms with Gasteiger partial charge in [0.1, 0.15) is 5.60 Å². The molecule has 0 radical (unpaired) electrons. The largest absolute Gasteiger partial charge is 0.443 e. The maximum atomic E-state index is 11.1. The van der Waals surface area contributed by atoms with Gasteiger partial charge in [-0.1, -0.05) is 0 Å². The Balaban J connectivity index is 3.88. The highest BCUT2D eigenvalue weighted by molar-refractivity contribution is 5.67. The van der Waals surface area contributed by atoms with Gasteiger partial charge in [0.25, 0.3) is 0 Å². The van der Waals surface area contributed by atoms with Crippen molar-refractivity contribution in [1.29, 1.82) is 0 Å². The van der Waals surface area contributed by atoms with Crippen molar-refractivity contribution in [1.82, 2.24) is 10.5 Å². The normalized spacial score (nSPS) is 11.5. The van der Waals surface area contributed by atoms with Crippen molar-refractivity contribution in [3.63, 3.8) is 0 Å². The van der Waals surface area contributed by atoms with Gasteiger partial charge in [-0.3, -0.25) is 0 Å². The summed E-state index contributed by atoms with van der Waals surface area (Å²) in [7, 11) is 1.62. The van der Waals surface area contributed by atoms with Crippen LogP contribution in [-0.4, -0.2) is 30.1 Å². The molecule has 0 aliphatic heterocycles. The van der Waals surface area contributed by atoms with Crippen LogP contribution in [0.3, 0.4) is 0 Å². The van der Waals surface area contributed by atoms with E-state index in [0.717, 1.165) is 0 Å². The molecule has 0 aliphatic rings. The molecular weight excluding hydrogens is 170 g/mol. The molecule has 0 aromatic rings. The summed E-state index contributed by atoms with van der Waals surface area (Å²) in [6.45, 7) is 7.16. The van der Waals surface area contributed by atoms with Gasteiger partial charge in [0, 0.05) is 13.3 Å². The number of nitrogens with one attached hydrogen (secondary N) is 1. The van der Waals surface area contributed by atoms with Crippen molar-refractivity contribution >= 4 is 12.3 Å². The van der Waals surface area contributed by atoms with Crippen molar-refractivity contribution < 1.29 is 9.53 Å². The molecular formula is C8H17N3O2. The van der Waals surface area contributed by atoms with Crippen molar-refractivity contribution in [2.24, 2.45) is 5.10 Å². The van der Waals surface area contributed by atoms with Crippen LogP contribution in [0.15, 0.2) is 5.10 Å². The number of ether oxygens (including phenoxy) is 1. The second-order valence-corrected chi connectivity index (χ2v) is 3.51. The number of hydrazone groups is 1. The van der Waals surface area contributed by atoms with Crippen LogP contribution in [0.25, 0.3) is 0 Å². The van der Waals surface area contributed by atoms with Crippen LogP contribution < -0.4 is 5.43 Å². The zero-order valence-corrected chi connectivity index (χ0v) is 8.79. The molecule has 1 amide bonds. The summed E-state index contributed by atoms with van der Waals surface area (Å²) in [5.41, 5.74) is 1.93. The van der Waals surface area contributed by atoms with E-state index in [9.17, 15) is 4.79 Å². The van der Waals surface area contributed by atoms with Gasteiger partial charge < -0.3 is 4.74 Å². The molecule has 5 heteroatoms. The first-order valence-electron chi connectivity index (χ1n) is 4.07. The predicted octanol–water partition coefficient (Wildman–Crippen LogP) is 1.36. The van der Waals surface area contributed by atoms with E-state index < -0.39 is 11.7 Å². The summed E-state index contributed by atoms with van der Waals surface area (Å²) < 4.78 is 4.99. The lowest BCUT2D eigenvalue weighted by atomic mass is 10.2. The van der Waals surface area contributed by atoms with Crippen molar-refractivity contribution in [2.45, 2.75) is 33.3 Å². The minimum atomic E-state index is -0.513. The summed E-state index contributed by atoms with van der Waals surface area (Å²) in [6, 6.07) is 0. The van der Waals surface area contributed by atoms with Crippen molar-refractivity contribution in [2.75, 3.05) is 7.05 Å². The number of amides is 1. The summed E-state index contributed by atoms with van der Waals surface area (Å²) in [4.78, 5) is 11.1. The lowest BCUT2D eigenvalue weighted by Crippen LogP contribution is -2.39. The molecule has 0 bridgehead atoms. The number of hydrogen-bond donors (Lipinski definition) is 1. The average Bonchev–Trinajstić information content (AvgIpc) is 1.81. The number of hydrazine groups is 1. The Morgan fingerprint density at radius 3 is 2.46 bits per heavy atom. The Morgan fingerprint density at radius 2 is 2.08 bits per heavy atom. The molecule has 0 aromatic carbocycles. The van der Waals surface area contributed by atoms with E-state index >= 15 is 0 Å². The molecule has 0 fully saturated rings. The summed E-state index contributed by atoms with van der Waals surface area (Å²) in [6.07, 6.45) is 1.05. The van der Waals surface area contributed by atoms with Crippen molar-refractivity contribution in [3.8, 4) is 0 Å². The zero-order chi connectivity index (χ0) is 10.5. The van der Waals surface area contributed by atoms with Crippen LogP contribution in [0.2, 0.25) is 0 Å². The van der Waals surface area contributed by atoms with Crippen LogP contribution >= 0.6 is 0 Å². The van der Waals surface area contributed by atoms with E-state index in [1.807, 2.05) is 0 Å². The maximum absolute atomic E-state index is 11.1. The van der Waals surface area contributed by atoms with E-state index in [-0.39, 0.29) is 0 Å². The van der Waals surface area contributed by atoms with Crippen LogP contribution in [0.4, 0.5) is 4.79 Å². The van der Waals surface area contributed by atoms with Gasteiger partial charge in [-0.2, -0.15) is 5.10 Å². The van der Waals surface area contributed by atoms with E-state index in [4.69, 9.17) is 4.74 Å². The molecule has 76 valence electrons. The number of hydrogen-bond acceptors (Lipinski definition) is 4. The highest BCUT2D eigenvalue weighted by Gasteiger charge is 2.16. The first-order valence-corrected chi connectivity index (χ1v) is 4.07. The third-order valence-electron chi connectivity index (χ3n) is 0.941. The standard InChI is InChI=1S/C8H17N3O2/c1-6-9-11(5)10-7(12)13-8(2,3)4/h6H,1-5H3,(H,10,12)/b9-6-. The SMILES string of the molecule is C/C=N\N(C)NC(=O)OC(C)(C)C. The van der Waals surface area contributed by atoms with Crippen LogP contribution in [-0.2, 0) is 4.74 Å². The van der Waals surface area contributed by atoms with Gasteiger partial charge in [0.15, 0.2) is 0 Å². The predicted molar refractivity (Wildman–Crippen MR) is 51.3 cm³/mol.